The Morgan fingerprint density at radius 1 is 1.30 bits per heavy atom. The lowest BCUT2D eigenvalue weighted by Crippen LogP contribution is -2.31. The molecule has 0 atom stereocenters. The minimum Gasteiger partial charge on any atom is -0.306 e. The fourth-order valence-corrected chi connectivity index (χ4v) is 2.54. The maximum atomic E-state index is 13.9. The highest BCUT2D eigenvalue weighted by Crippen LogP contribution is 2.25. The van der Waals surface area contributed by atoms with Crippen LogP contribution in [0.2, 0.25) is 0 Å². The summed E-state index contributed by atoms with van der Waals surface area (Å²) in [7, 11) is 0. The van der Waals surface area contributed by atoms with E-state index in [1.807, 2.05) is 6.92 Å². The molecule has 1 amide bonds. The maximum absolute atomic E-state index is 13.9. The summed E-state index contributed by atoms with van der Waals surface area (Å²) in [4.78, 5) is 14.7. The summed E-state index contributed by atoms with van der Waals surface area (Å²) in [6, 6.07) is 11.4. The molecule has 104 valence electrons. The van der Waals surface area contributed by atoms with Crippen molar-refractivity contribution in [3.63, 3.8) is 0 Å². The molecule has 5 heteroatoms. The van der Waals surface area contributed by atoms with Crippen molar-refractivity contribution in [1.29, 1.82) is 0 Å². The molecular formula is C15H13BrFNOS. The number of nitrogens with zero attached hydrogens (tertiary/aromatic N) is 1. The Bertz CT molecular complexity index is 648. The number of halogens is 2. The van der Waals surface area contributed by atoms with E-state index in [0.717, 1.165) is 0 Å². The van der Waals surface area contributed by atoms with Gasteiger partial charge in [-0.1, -0.05) is 12.1 Å². The zero-order chi connectivity index (χ0) is 14.7. The second-order valence-corrected chi connectivity index (χ2v) is 5.54. The molecule has 0 saturated carbocycles. The van der Waals surface area contributed by atoms with Gasteiger partial charge in [0.2, 0.25) is 0 Å². The van der Waals surface area contributed by atoms with Crippen molar-refractivity contribution in [1.82, 2.24) is 0 Å². The first-order valence-corrected chi connectivity index (χ1v) is 7.33. The van der Waals surface area contributed by atoms with Crippen LogP contribution in [0, 0.1) is 5.82 Å². The van der Waals surface area contributed by atoms with Crippen LogP contribution in [0.5, 0.6) is 0 Å². The molecule has 2 aromatic rings. The second kappa shape index (κ2) is 6.41. The Morgan fingerprint density at radius 3 is 2.65 bits per heavy atom. The van der Waals surface area contributed by atoms with Gasteiger partial charge in [0, 0.05) is 15.9 Å². The summed E-state index contributed by atoms with van der Waals surface area (Å²) in [6.07, 6.45) is 0. The van der Waals surface area contributed by atoms with Gasteiger partial charge in [0.05, 0.1) is 11.3 Å². The van der Waals surface area contributed by atoms with Crippen LogP contribution >= 0.6 is 28.6 Å². The second-order valence-electron chi connectivity index (χ2n) is 4.16. The van der Waals surface area contributed by atoms with Gasteiger partial charge < -0.3 is 4.90 Å². The number of benzene rings is 2. The largest absolute Gasteiger partial charge is 0.306 e. The Morgan fingerprint density at radius 2 is 2.00 bits per heavy atom. The quantitative estimate of drug-likeness (QED) is 0.803. The number of hydrogen-bond acceptors (Lipinski definition) is 2. The molecular weight excluding hydrogens is 341 g/mol. The van der Waals surface area contributed by atoms with E-state index in [1.165, 1.54) is 11.0 Å². The van der Waals surface area contributed by atoms with Crippen molar-refractivity contribution in [3.05, 3.63) is 58.3 Å². The van der Waals surface area contributed by atoms with Gasteiger partial charge in [-0.3, -0.25) is 4.79 Å². The molecule has 2 aromatic carbocycles. The van der Waals surface area contributed by atoms with Gasteiger partial charge >= 0.3 is 0 Å². The lowest BCUT2D eigenvalue weighted by Gasteiger charge is -2.22. The van der Waals surface area contributed by atoms with Crippen LogP contribution < -0.4 is 4.90 Å². The Kier molecular flexibility index (Phi) is 4.83. The average molecular weight is 354 g/mol. The van der Waals surface area contributed by atoms with Gasteiger partial charge in [-0.05, 0) is 53.2 Å². The van der Waals surface area contributed by atoms with Crippen LogP contribution in [0.4, 0.5) is 10.1 Å². The monoisotopic (exact) mass is 353 g/mol. The highest BCUT2D eigenvalue weighted by Gasteiger charge is 2.20. The third kappa shape index (κ3) is 3.04. The van der Waals surface area contributed by atoms with E-state index in [9.17, 15) is 9.18 Å². The molecule has 0 saturated heterocycles. The van der Waals surface area contributed by atoms with Gasteiger partial charge in [0.1, 0.15) is 5.82 Å². The highest BCUT2D eigenvalue weighted by molar-refractivity contribution is 9.10. The van der Waals surface area contributed by atoms with E-state index in [0.29, 0.717) is 21.5 Å². The molecule has 0 spiro atoms. The zero-order valence-electron chi connectivity index (χ0n) is 10.8. The number of rotatable bonds is 3. The van der Waals surface area contributed by atoms with Gasteiger partial charge in [-0.25, -0.2) is 4.39 Å². The number of thiol groups is 1. The number of amides is 1. The summed E-state index contributed by atoms with van der Waals surface area (Å²) < 4.78 is 14.5. The predicted molar refractivity (Wildman–Crippen MR) is 85.1 cm³/mol. The number of hydrogen-bond donors (Lipinski definition) is 1. The molecule has 0 fully saturated rings. The molecule has 0 N–H and O–H groups in total. The fourth-order valence-electron chi connectivity index (χ4n) is 1.92. The van der Waals surface area contributed by atoms with Crippen LogP contribution in [-0.4, -0.2) is 12.5 Å². The van der Waals surface area contributed by atoms with E-state index >= 15 is 0 Å². The van der Waals surface area contributed by atoms with E-state index in [2.05, 4.69) is 28.6 Å². The number of anilines is 1. The molecule has 0 radical (unpaired) electrons. The Labute approximate surface area is 131 Å². The summed E-state index contributed by atoms with van der Waals surface area (Å²) in [5, 5.41) is 0. The first-order chi connectivity index (χ1) is 9.54. The topological polar surface area (TPSA) is 20.3 Å². The molecule has 2 nitrogen and oxygen atoms in total. The molecule has 0 bridgehead atoms. The SMILES string of the molecule is CCN(C(=O)c1cc(S)ccc1Br)c1ccccc1F. The summed E-state index contributed by atoms with van der Waals surface area (Å²) in [5.74, 6) is -0.679. The third-order valence-electron chi connectivity index (χ3n) is 2.88. The molecule has 0 unspecified atom stereocenters. The predicted octanol–water partition coefficient (Wildman–Crippen LogP) is 4.54. The van der Waals surface area contributed by atoms with Gasteiger partial charge in [-0.2, -0.15) is 0 Å². The summed E-state index contributed by atoms with van der Waals surface area (Å²) in [6.45, 7) is 2.19. The van der Waals surface area contributed by atoms with Crippen LogP contribution in [0.25, 0.3) is 0 Å². The van der Waals surface area contributed by atoms with Crippen molar-refractivity contribution >= 4 is 40.2 Å². The Hall–Kier alpha value is -1.33. The van der Waals surface area contributed by atoms with Crippen molar-refractivity contribution < 1.29 is 9.18 Å². The van der Waals surface area contributed by atoms with Crippen LogP contribution in [-0.2, 0) is 0 Å². The highest BCUT2D eigenvalue weighted by atomic mass is 79.9. The van der Waals surface area contributed by atoms with E-state index < -0.39 is 5.82 Å². The average Bonchev–Trinajstić information content (AvgIpc) is 2.44. The first kappa shape index (κ1) is 15.1. The van der Waals surface area contributed by atoms with Crippen molar-refractivity contribution in [2.75, 3.05) is 11.4 Å². The standard InChI is InChI=1S/C15H13BrFNOS/c1-2-18(14-6-4-3-5-13(14)17)15(19)11-9-10(20)7-8-12(11)16/h3-9,20H,2H2,1H3. The number of para-hydroxylation sites is 1. The molecule has 0 aromatic heterocycles. The van der Waals surface area contributed by atoms with Crippen molar-refractivity contribution in [2.45, 2.75) is 11.8 Å². The van der Waals surface area contributed by atoms with E-state index in [-0.39, 0.29) is 11.6 Å². The molecule has 0 aliphatic heterocycles. The summed E-state index contributed by atoms with van der Waals surface area (Å²) in [5.41, 5.74) is 0.735. The first-order valence-electron chi connectivity index (χ1n) is 6.09. The molecule has 0 heterocycles. The Balaban J connectivity index is 2.45. The fraction of sp³-hybridized carbons (Fsp3) is 0.133. The smallest absolute Gasteiger partial charge is 0.259 e. The maximum Gasteiger partial charge on any atom is 0.259 e. The van der Waals surface area contributed by atoms with E-state index in [4.69, 9.17) is 0 Å². The van der Waals surface area contributed by atoms with Gasteiger partial charge in [0.15, 0.2) is 0 Å². The van der Waals surface area contributed by atoms with Gasteiger partial charge in [-0.15, -0.1) is 12.6 Å². The molecule has 20 heavy (non-hydrogen) atoms. The van der Waals surface area contributed by atoms with Crippen molar-refractivity contribution in [3.8, 4) is 0 Å². The normalized spacial score (nSPS) is 10.4. The van der Waals surface area contributed by atoms with Crippen LogP contribution in [0.1, 0.15) is 17.3 Å². The van der Waals surface area contributed by atoms with Crippen molar-refractivity contribution in [2.24, 2.45) is 0 Å². The lowest BCUT2D eigenvalue weighted by atomic mass is 10.1. The molecule has 2 rings (SSSR count). The molecule has 0 aliphatic carbocycles. The minimum absolute atomic E-state index is 0.264. The molecule has 0 aliphatic rings. The third-order valence-corrected chi connectivity index (χ3v) is 3.85. The number of carbonyl (C=O) groups is 1. The van der Waals surface area contributed by atoms with E-state index in [1.54, 1.807) is 36.4 Å². The zero-order valence-corrected chi connectivity index (χ0v) is 13.3. The minimum atomic E-state index is -0.416. The lowest BCUT2D eigenvalue weighted by molar-refractivity contribution is 0.0986. The van der Waals surface area contributed by atoms with Crippen LogP contribution in [0.15, 0.2) is 51.8 Å². The van der Waals surface area contributed by atoms with Crippen LogP contribution in [0.3, 0.4) is 0 Å². The number of carbonyl (C=O) groups excluding carboxylic acids is 1. The van der Waals surface area contributed by atoms with Gasteiger partial charge in [0.25, 0.3) is 5.91 Å². The summed E-state index contributed by atoms with van der Waals surface area (Å²) >= 11 is 7.58.